The van der Waals surface area contributed by atoms with E-state index >= 15 is 0 Å². The molecule has 1 saturated heterocycles. The van der Waals surface area contributed by atoms with Crippen LogP contribution in [0.15, 0.2) is 0 Å². The smallest absolute Gasteiger partial charge is 0.133 e. The first-order chi connectivity index (χ1) is 6.63. The first-order valence-electron chi connectivity index (χ1n) is 5.47. The van der Waals surface area contributed by atoms with E-state index in [1.54, 1.807) is 6.92 Å². The predicted molar refractivity (Wildman–Crippen MR) is 56.1 cm³/mol. The third-order valence-electron chi connectivity index (χ3n) is 3.09. The van der Waals surface area contributed by atoms with Crippen LogP contribution in [-0.2, 0) is 4.79 Å². The fraction of sp³-hybridized carbons (Fsp3) is 0.909. The molecule has 0 aromatic carbocycles. The summed E-state index contributed by atoms with van der Waals surface area (Å²) < 4.78 is 0. The van der Waals surface area contributed by atoms with Gasteiger partial charge in [-0.3, -0.25) is 4.79 Å². The quantitative estimate of drug-likeness (QED) is 0.732. The summed E-state index contributed by atoms with van der Waals surface area (Å²) in [6.45, 7) is 6.79. The molecule has 0 amide bonds. The van der Waals surface area contributed by atoms with E-state index in [-0.39, 0.29) is 18.3 Å². The number of ketones is 1. The molecule has 2 unspecified atom stereocenters. The highest BCUT2D eigenvalue weighted by molar-refractivity contribution is 5.78. The van der Waals surface area contributed by atoms with Gasteiger partial charge in [-0.05, 0) is 32.2 Å². The van der Waals surface area contributed by atoms with Crippen molar-refractivity contribution in [3.8, 4) is 0 Å². The zero-order valence-electron chi connectivity index (χ0n) is 9.20. The molecule has 0 bridgehead atoms. The van der Waals surface area contributed by atoms with Crippen molar-refractivity contribution in [3.05, 3.63) is 0 Å². The Morgan fingerprint density at radius 1 is 1.64 bits per heavy atom. The van der Waals surface area contributed by atoms with Gasteiger partial charge in [-0.15, -0.1) is 0 Å². The van der Waals surface area contributed by atoms with Gasteiger partial charge in [-0.2, -0.15) is 0 Å². The van der Waals surface area contributed by atoms with Crippen LogP contribution in [0.25, 0.3) is 0 Å². The van der Waals surface area contributed by atoms with Crippen LogP contribution in [0.3, 0.4) is 0 Å². The van der Waals surface area contributed by atoms with Gasteiger partial charge in [0.15, 0.2) is 0 Å². The Bertz CT molecular complexity index is 194. The molecule has 1 rings (SSSR count). The number of aliphatic hydroxyl groups is 1. The molecule has 2 atom stereocenters. The molecule has 1 N–H and O–H groups in total. The van der Waals surface area contributed by atoms with Gasteiger partial charge in [0.1, 0.15) is 5.78 Å². The predicted octanol–water partition coefficient (Wildman–Crippen LogP) is 0.916. The van der Waals surface area contributed by atoms with Crippen LogP contribution >= 0.6 is 0 Å². The van der Waals surface area contributed by atoms with E-state index < -0.39 is 0 Å². The maximum atomic E-state index is 11.1. The van der Waals surface area contributed by atoms with Gasteiger partial charge in [0.05, 0.1) is 0 Å². The lowest BCUT2D eigenvalue weighted by molar-refractivity contribution is -0.120. The number of Topliss-reactive ketones (excluding diaryl/α,β-unsaturated/α-hetero) is 1. The molecule has 0 spiro atoms. The summed E-state index contributed by atoms with van der Waals surface area (Å²) in [6.07, 6.45) is 2.28. The van der Waals surface area contributed by atoms with Crippen molar-refractivity contribution in [2.24, 2.45) is 11.8 Å². The van der Waals surface area contributed by atoms with E-state index in [1.807, 2.05) is 6.92 Å². The summed E-state index contributed by atoms with van der Waals surface area (Å²) in [4.78, 5) is 13.4. The number of piperidine rings is 1. The standard InChI is InChI=1S/C11H21NO2/c1-9(10(2)14)6-12-5-3-4-11(7-12)8-13/h9,11,13H,3-8H2,1-2H3. The fourth-order valence-corrected chi connectivity index (χ4v) is 1.98. The summed E-state index contributed by atoms with van der Waals surface area (Å²) in [5, 5.41) is 9.06. The molecule has 82 valence electrons. The molecule has 1 aliphatic heterocycles. The van der Waals surface area contributed by atoms with Gasteiger partial charge in [0.25, 0.3) is 0 Å². The second kappa shape index (κ2) is 5.47. The molecular formula is C11H21NO2. The van der Waals surface area contributed by atoms with Crippen molar-refractivity contribution in [1.29, 1.82) is 0 Å². The Hall–Kier alpha value is -0.410. The Labute approximate surface area is 86.1 Å². The Kier molecular flexibility index (Phi) is 4.55. The zero-order chi connectivity index (χ0) is 10.6. The molecule has 0 saturated carbocycles. The van der Waals surface area contributed by atoms with Gasteiger partial charge in [0, 0.05) is 25.6 Å². The summed E-state index contributed by atoms with van der Waals surface area (Å²) >= 11 is 0. The maximum absolute atomic E-state index is 11.1. The van der Waals surface area contributed by atoms with E-state index in [4.69, 9.17) is 5.11 Å². The molecule has 3 heteroatoms. The van der Waals surface area contributed by atoms with Crippen molar-refractivity contribution in [2.45, 2.75) is 26.7 Å². The molecule has 0 aromatic heterocycles. The Morgan fingerprint density at radius 2 is 2.36 bits per heavy atom. The summed E-state index contributed by atoms with van der Waals surface area (Å²) in [5.74, 6) is 0.812. The van der Waals surface area contributed by atoms with Gasteiger partial charge < -0.3 is 10.0 Å². The van der Waals surface area contributed by atoms with E-state index in [1.165, 1.54) is 0 Å². The largest absolute Gasteiger partial charge is 0.396 e. The minimum absolute atomic E-state index is 0.132. The molecule has 1 aliphatic rings. The lowest BCUT2D eigenvalue weighted by atomic mass is 9.97. The maximum Gasteiger partial charge on any atom is 0.133 e. The van der Waals surface area contributed by atoms with Crippen molar-refractivity contribution < 1.29 is 9.90 Å². The molecule has 0 radical (unpaired) electrons. The molecule has 0 aliphatic carbocycles. The van der Waals surface area contributed by atoms with Gasteiger partial charge in [0.2, 0.25) is 0 Å². The lowest BCUT2D eigenvalue weighted by Gasteiger charge is -2.32. The average Bonchev–Trinajstić information content (AvgIpc) is 2.18. The number of rotatable bonds is 4. The minimum atomic E-state index is 0.132. The van der Waals surface area contributed by atoms with Crippen LogP contribution in [0.2, 0.25) is 0 Å². The van der Waals surface area contributed by atoms with Crippen LogP contribution in [-0.4, -0.2) is 42.0 Å². The van der Waals surface area contributed by atoms with Gasteiger partial charge >= 0.3 is 0 Å². The molecular weight excluding hydrogens is 178 g/mol. The molecule has 3 nitrogen and oxygen atoms in total. The van der Waals surface area contributed by atoms with Crippen molar-refractivity contribution in [2.75, 3.05) is 26.2 Å². The highest BCUT2D eigenvalue weighted by atomic mass is 16.3. The highest BCUT2D eigenvalue weighted by Gasteiger charge is 2.21. The number of aliphatic hydroxyl groups excluding tert-OH is 1. The van der Waals surface area contributed by atoms with Crippen molar-refractivity contribution in [1.82, 2.24) is 4.90 Å². The number of hydrogen-bond donors (Lipinski definition) is 1. The summed E-state index contributed by atoms with van der Waals surface area (Å²) in [7, 11) is 0. The Balaban J connectivity index is 2.33. The fourth-order valence-electron chi connectivity index (χ4n) is 1.98. The number of carbonyl (C=O) groups excluding carboxylic acids is 1. The number of carbonyl (C=O) groups is 1. The zero-order valence-corrected chi connectivity index (χ0v) is 9.20. The monoisotopic (exact) mass is 199 g/mol. The summed E-state index contributed by atoms with van der Waals surface area (Å²) in [6, 6.07) is 0. The number of nitrogens with zero attached hydrogens (tertiary/aromatic N) is 1. The molecule has 0 aromatic rings. The highest BCUT2D eigenvalue weighted by Crippen LogP contribution is 2.16. The van der Waals surface area contributed by atoms with Crippen molar-refractivity contribution >= 4 is 5.78 Å². The van der Waals surface area contributed by atoms with Crippen LogP contribution in [0.4, 0.5) is 0 Å². The third kappa shape index (κ3) is 3.39. The molecule has 1 heterocycles. The summed E-state index contributed by atoms with van der Waals surface area (Å²) in [5.41, 5.74) is 0. The van der Waals surface area contributed by atoms with E-state index in [2.05, 4.69) is 4.90 Å². The lowest BCUT2D eigenvalue weighted by Crippen LogP contribution is -2.40. The first-order valence-corrected chi connectivity index (χ1v) is 5.47. The molecule has 14 heavy (non-hydrogen) atoms. The third-order valence-corrected chi connectivity index (χ3v) is 3.09. The average molecular weight is 199 g/mol. The second-order valence-corrected chi connectivity index (χ2v) is 4.46. The Morgan fingerprint density at radius 3 is 2.93 bits per heavy atom. The van der Waals surface area contributed by atoms with Crippen LogP contribution in [0.5, 0.6) is 0 Å². The topological polar surface area (TPSA) is 40.5 Å². The van der Waals surface area contributed by atoms with Crippen LogP contribution < -0.4 is 0 Å². The second-order valence-electron chi connectivity index (χ2n) is 4.46. The first kappa shape index (κ1) is 11.7. The van der Waals surface area contributed by atoms with Crippen LogP contribution in [0.1, 0.15) is 26.7 Å². The van der Waals surface area contributed by atoms with Crippen LogP contribution in [0, 0.1) is 11.8 Å². The number of hydrogen-bond acceptors (Lipinski definition) is 3. The van der Waals surface area contributed by atoms with Gasteiger partial charge in [-0.25, -0.2) is 0 Å². The SMILES string of the molecule is CC(=O)C(C)CN1CCCC(CO)C1. The van der Waals surface area contributed by atoms with E-state index in [0.29, 0.717) is 5.92 Å². The van der Waals surface area contributed by atoms with E-state index in [0.717, 1.165) is 32.5 Å². The number of likely N-dealkylation sites (tertiary alicyclic amines) is 1. The molecule has 1 fully saturated rings. The van der Waals surface area contributed by atoms with Gasteiger partial charge in [-0.1, -0.05) is 6.92 Å². The minimum Gasteiger partial charge on any atom is -0.396 e. The normalized spacial score (nSPS) is 26.1. The van der Waals surface area contributed by atoms with Crippen molar-refractivity contribution in [3.63, 3.8) is 0 Å². The van der Waals surface area contributed by atoms with E-state index in [9.17, 15) is 4.79 Å².